The fourth-order valence-corrected chi connectivity index (χ4v) is 1.84. The molecule has 0 aliphatic carbocycles. The van der Waals surface area contributed by atoms with Crippen molar-refractivity contribution < 1.29 is 0 Å². The first-order valence-corrected chi connectivity index (χ1v) is 5.99. The van der Waals surface area contributed by atoms with Crippen LogP contribution in [-0.2, 0) is 6.54 Å². The fourth-order valence-electron chi connectivity index (χ4n) is 1.51. The van der Waals surface area contributed by atoms with Crippen LogP contribution in [-0.4, -0.2) is 25.1 Å². The predicted molar refractivity (Wildman–Crippen MR) is 70.2 cm³/mol. The van der Waals surface area contributed by atoms with Gasteiger partial charge in [-0.1, -0.05) is 18.5 Å². The largest absolute Gasteiger partial charge is 0.356 e. The van der Waals surface area contributed by atoms with Crippen molar-refractivity contribution in [3.63, 3.8) is 0 Å². The lowest BCUT2D eigenvalue weighted by molar-refractivity contribution is 0.656. The number of anilines is 1. The molecule has 1 atom stereocenters. The molecule has 1 N–H and O–H groups in total. The van der Waals surface area contributed by atoms with Crippen molar-refractivity contribution in [1.82, 2.24) is 10.3 Å². The van der Waals surface area contributed by atoms with Gasteiger partial charge in [-0.3, -0.25) is 0 Å². The van der Waals surface area contributed by atoms with Crippen LogP contribution >= 0.6 is 11.6 Å². The Morgan fingerprint density at radius 2 is 2.25 bits per heavy atom. The molecule has 0 radical (unpaired) electrons. The van der Waals surface area contributed by atoms with E-state index in [4.69, 9.17) is 11.6 Å². The summed E-state index contributed by atoms with van der Waals surface area (Å²) in [6.45, 7) is 5.12. The summed E-state index contributed by atoms with van der Waals surface area (Å²) in [7, 11) is 3.94. The SMILES string of the molecule is CCC(C)N(C)c1ncc(CNC)cc1Cl. The third kappa shape index (κ3) is 3.09. The molecule has 0 aliphatic heterocycles. The lowest BCUT2D eigenvalue weighted by atomic mass is 10.2. The molecule has 1 rings (SSSR count). The van der Waals surface area contributed by atoms with E-state index in [9.17, 15) is 0 Å². The molecular formula is C12H20ClN3. The molecule has 0 bridgehead atoms. The van der Waals surface area contributed by atoms with Crippen LogP contribution in [0.3, 0.4) is 0 Å². The van der Waals surface area contributed by atoms with Crippen molar-refractivity contribution in [2.45, 2.75) is 32.9 Å². The minimum absolute atomic E-state index is 0.445. The number of halogens is 1. The summed E-state index contributed by atoms with van der Waals surface area (Å²) in [6.07, 6.45) is 2.95. The first kappa shape index (κ1) is 13.3. The molecule has 0 spiro atoms. The second-order valence-corrected chi connectivity index (χ2v) is 4.45. The predicted octanol–water partition coefficient (Wildman–Crippen LogP) is 2.69. The minimum atomic E-state index is 0.445. The van der Waals surface area contributed by atoms with Gasteiger partial charge in [0.2, 0.25) is 0 Å². The Balaban J connectivity index is 2.89. The molecule has 0 saturated heterocycles. The molecular weight excluding hydrogens is 222 g/mol. The van der Waals surface area contributed by atoms with Crippen molar-refractivity contribution in [3.8, 4) is 0 Å². The van der Waals surface area contributed by atoms with Crippen molar-refractivity contribution >= 4 is 17.4 Å². The molecule has 1 unspecified atom stereocenters. The zero-order valence-corrected chi connectivity index (χ0v) is 11.2. The number of hydrogen-bond acceptors (Lipinski definition) is 3. The molecule has 1 aromatic heterocycles. The van der Waals surface area contributed by atoms with E-state index < -0.39 is 0 Å². The molecule has 3 nitrogen and oxygen atoms in total. The molecule has 0 fully saturated rings. The Hall–Kier alpha value is -0.800. The number of rotatable bonds is 5. The van der Waals surface area contributed by atoms with E-state index in [1.54, 1.807) is 0 Å². The molecule has 1 heterocycles. The third-order valence-corrected chi connectivity index (χ3v) is 3.12. The van der Waals surface area contributed by atoms with Gasteiger partial charge in [0.15, 0.2) is 0 Å². The van der Waals surface area contributed by atoms with Crippen LogP contribution in [0.2, 0.25) is 5.02 Å². The van der Waals surface area contributed by atoms with Crippen LogP contribution in [0.15, 0.2) is 12.3 Å². The van der Waals surface area contributed by atoms with Gasteiger partial charge < -0.3 is 10.2 Å². The van der Waals surface area contributed by atoms with Gasteiger partial charge in [-0.05, 0) is 32.0 Å². The van der Waals surface area contributed by atoms with Gasteiger partial charge in [-0.15, -0.1) is 0 Å². The highest BCUT2D eigenvalue weighted by atomic mass is 35.5. The highest BCUT2D eigenvalue weighted by molar-refractivity contribution is 6.33. The average Bonchev–Trinajstić information content (AvgIpc) is 2.28. The van der Waals surface area contributed by atoms with Crippen LogP contribution in [0.5, 0.6) is 0 Å². The Bertz CT molecular complexity index is 341. The maximum absolute atomic E-state index is 6.23. The van der Waals surface area contributed by atoms with Crippen molar-refractivity contribution in [2.24, 2.45) is 0 Å². The normalized spacial score (nSPS) is 12.6. The third-order valence-electron chi connectivity index (χ3n) is 2.85. The molecule has 0 amide bonds. The zero-order chi connectivity index (χ0) is 12.1. The quantitative estimate of drug-likeness (QED) is 0.859. The van der Waals surface area contributed by atoms with Crippen LogP contribution in [0.4, 0.5) is 5.82 Å². The maximum Gasteiger partial charge on any atom is 0.147 e. The summed E-state index contributed by atoms with van der Waals surface area (Å²) in [4.78, 5) is 6.54. The molecule has 1 aromatic rings. The van der Waals surface area contributed by atoms with Gasteiger partial charge in [0.1, 0.15) is 5.82 Å². The highest BCUT2D eigenvalue weighted by Gasteiger charge is 2.12. The van der Waals surface area contributed by atoms with Crippen molar-refractivity contribution in [3.05, 3.63) is 22.8 Å². The van der Waals surface area contributed by atoms with E-state index in [-0.39, 0.29) is 0 Å². The van der Waals surface area contributed by atoms with Gasteiger partial charge in [-0.2, -0.15) is 0 Å². The van der Waals surface area contributed by atoms with E-state index in [1.165, 1.54) is 0 Å². The summed E-state index contributed by atoms with van der Waals surface area (Å²) in [5.41, 5.74) is 1.11. The first-order valence-electron chi connectivity index (χ1n) is 5.62. The van der Waals surface area contributed by atoms with E-state index in [0.29, 0.717) is 6.04 Å². The molecule has 90 valence electrons. The number of hydrogen-bond donors (Lipinski definition) is 1. The Kier molecular flexibility index (Phi) is 5.03. The number of nitrogens with one attached hydrogen (secondary N) is 1. The second kappa shape index (κ2) is 6.06. The summed E-state index contributed by atoms with van der Waals surface area (Å²) >= 11 is 6.23. The average molecular weight is 242 g/mol. The van der Waals surface area contributed by atoms with Crippen LogP contribution in [0.1, 0.15) is 25.8 Å². The zero-order valence-electron chi connectivity index (χ0n) is 10.4. The molecule has 16 heavy (non-hydrogen) atoms. The summed E-state index contributed by atoms with van der Waals surface area (Å²) in [6, 6.07) is 2.42. The standard InChI is InChI=1S/C12H20ClN3/c1-5-9(2)16(4)12-11(13)6-10(7-14-3)8-15-12/h6,8-9,14H,5,7H2,1-4H3. The minimum Gasteiger partial charge on any atom is -0.356 e. The number of nitrogens with zero attached hydrogens (tertiary/aromatic N) is 2. The van der Waals surface area contributed by atoms with E-state index in [1.807, 2.05) is 26.4 Å². The second-order valence-electron chi connectivity index (χ2n) is 4.05. The van der Waals surface area contributed by atoms with Gasteiger partial charge in [0, 0.05) is 25.8 Å². The molecule has 4 heteroatoms. The Morgan fingerprint density at radius 3 is 2.75 bits per heavy atom. The Labute approximate surface area is 103 Å². The molecule has 0 saturated carbocycles. The summed E-state index contributed by atoms with van der Waals surface area (Å²) in [5, 5.41) is 3.80. The van der Waals surface area contributed by atoms with Crippen LogP contribution in [0.25, 0.3) is 0 Å². The van der Waals surface area contributed by atoms with Crippen LogP contribution in [0, 0.1) is 0 Å². The van der Waals surface area contributed by atoms with Crippen molar-refractivity contribution in [1.29, 1.82) is 0 Å². The topological polar surface area (TPSA) is 28.2 Å². The first-order chi connectivity index (χ1) is 7.60. The van der Waals surface area contributed by atoms with E-state index in [2.05, 4.69) is 29.0 Å². The van der Waals surface area contributed by atoms with E-state index in [0.717, 1.165) is 29.4 Å². The monoisotopic (exact) mass is 241 g/mol. The van der Waals surface area contributed by atoms with Gasteiger partial charge in [-0.25, -0.2) is 4.98 Å². The highest BCUT2D eigenvalue weighted by Crippen LogP contribution is 2.25. The number of aromatic nitrogens is 1. The van der Waals surface area contributed by atoms with Gasteiger partial charge in [0.25, 0.3) is 0 Å². The van der Waals surface area contributed by atoms with Gasteiger partial charge >= 0.3 is 0 Å². The number of pyridine rings is 1. The van der Waals surface area contributed by atoms with E-state index >= 15 is 0 Å². The fraction of sp³-hybridized carbons (Fsp3) is 0.583. The summed E-state index contributed by atoms with van der Waals surface area (Å²) in [5.74, 6) is 0.857. The van der Waals surface area contributed by atoms with Gasteiger partial charge in [0.05, 0.1) is 5.02 Å². The maximum atomic E-state index is 6.23. The van der Waals surface area contributed by atoms with Crippen molar-refractivity contribution in [2.75, 3.05) is 19.0 Å². The Morgan fingerprint density at radius 1 is 1.56 bits per heavy atom. The smallest absolute Gasteiger partial charge is 0.147 e. The van der Waals surface area contributed by atoms with Crippen LogP contribution < -0.4 is 10.2 Å². The molecule has 0 aromatic carbocycles. The molecule has 0 aliphatic rings. The lowest BCUT2D eigenvalue weighted by Gasteiger charge is -2.25. The summed E-state index contributed by atoms with van der Waals surface area (Å²) < 4.78 is 0. The lowest BCUT2D eigenvalue weighted by Crippen LogP contribution is -2.29.